The Bertz CT molecular complexity index is 503. The second-order valence-corrected chi connectivity index (χ2v) is 4.74. The molecule has 1 saturated carbocycles. The number of benzene rings is 1. The lowest BCUT2D eigenvalue weighted by molar-refractivity contribution is -0.139. The molecule has 1 aromatic rings. The number of amides is 2. The molecule has 1 fully saturated rings. The van der Waals surface area contributed by atoms with Gasteiger partial charge in [-0.25, -0.2) is 4.39 Å². The molecule has 1 aliphatic rings. The Balaban J connectivity index is 1.86. The van der Waals surface area contributed by atoms with Crippen LogP contribution >= 0.6 is 0 Å². The van der Waals surface area contributed by atoms with E-state index in [9.17, 15) is 14.0 Å². The molecule has 1 aromatic carbocycles. The van der Waals surface area contributed by atoms with Crippen molar-refractivity contribution in [1.29, 1.82) is 0 Å². The number of carbonyl (C=O) groups excluding carboxylic acids is 2. The van der Waals surface area contributed by atoms with Crippen LogP contribution in [0.2, 0.25) is 0 Å². The highest BCUT2D eigenvalue weighted by Gasteiger charge is 2.26. The molecule has 1 atom stereocenters. The molecule has 0 bridgehead atoms. The monoisotopic (exact) mass is 280 g/mol. The average Bonchev–Trinajstić information content (AvgIpc) is 3.23. The number of ether oxygens (including phenoxy) is 1. The topological polar surface area (TPSA) is 67.4 Å². The first kappa shape index (κ1) is 14.5. The quantitative estimate of drug-likeness (QED) is 0.788. The largest absolute Gasteiger partial charge is 0.375 e. The predicted octanol–water partition coefficient (Wildman–Crippen LogP) is 0.908. The van der Waals surface area contributed by atoms with Crippen LogP contribution in [0.1, 0.15) is 24.5 Å². The molecule has 20 heavy (non-hydrogen) atoms. The van der Waals surface area contributed by atoms with Gasteiger partial charge in [-0.3, -0.25) is 9.59 Å². The number of hydrogen-bond acceptors (Lipinski definition) is 3. The summed E-state index contributed by atoms with van der Waals surface area (Å²) < 4.78 is 18.3. The van der Waals surface area contributed by atoms with Crippen LogP contribution in [0, 0.1) is 5.82 Å². The zero-order valence-corrected chi connectivity index (χ0v) is 11.2. The van der Waals surface area contributed by atoms with Gasteiger partial charge in [0.05, 0.1) is 6.10 Å². The Morgan fingerprint density at radius 3 is 2.75 bits per heavy atom. The van der Waals surface area contributed by atoms with Crippen LogP contribution in [-0.2, 0) is 14.3 Å². The molecule has 0 spiro atoms. The van der Waals surface area contributed by atoms with Crippen molar-refractivity contribution >= 4 is 11.8 Å². The van der Waals surface area contributed by atoms with Gasteiger partial charge in [-0.05, 0) is 30.5 Å². The molecule has 0 aromatic heterocycles. The summed E-state index contributed by atoms with van der Waals surface area (Å²) in [6.07, 6.45) is 1.34. The van der Waals surface area contributed by atoms with Crippen LogP contribution in [0.4, 0.5) is 4.39 Å². The summed E-state index contributed by atoms with van der Waals surface area (Å²) in [6, 6.07) is 6.07. The molecule has 2 N–H and O–H groups in total. The van der Waals surface area contributed by atoms with Gasteiger partial charge in [-0.1, -0.05) is 12.1 Å². The molecule has 108 valence electrons. The third kappa shape index (κ3) is 4.03. The lowest BCUT2D eigenvalue weighted by Crippen LogP contribution is -2.42. The van der Waals surface area contributed by atoms with E-state index in [1.54, 1.807) is 12.1 Å². The molecule has 0 heterocycles. The Kier molecular flexibility index (Phi) is 4.68. The zero-order chi connectivity index (χ0) is 14.5. The van der Waals surface area contributed by atoms with Gasteiger partial charge in [-0.15, -0.1) is 0 Å². The summed E-state index contributed by atoms with van der Waals surface area (Å²) in [4.78, 5) is 23.0. The van der Waals surface area contributed by atoms with Gasteiger partial charge >= 0.3 is 11.8 Å². The fourth-order valence-electron chi connectivity index (χ4n) is 1.79. The van der Waals surface area contributed by atoms with Gasteiger partial charge in [-0.2, -0.15) is 0 Å². The van der Waals surface area contributed by atoms with Crippen molar-refractivity contribution < 1.29 is 18.7 Å². The molecular weight excluding hydrogens is 263 g/mol. The molecule has 0 aliphatic heterocycles. The molecule has 1 unspecified atom stereocenters. The molecule has 0 saturated heterocycles. The molecule has 1 aliphatic carbocycles. The Morgan fingerprint density at radius 2 is 2.15 bits per heavy atom. The van der Waals surface area contributed by atoms with Crippen LogP contribution in [0.3, 0.4) is 0 Å². The summed E-state index contributed by atoms with van der Waals surface area (Å²) in [5.74, 6) is -1.71. The maximum Gasteiger partial charge on any atom is 0.309 e. The maximum absolute atomic E-state index is 13.1. The SMILES string of the molecule is COC(CNC(=O)C(=O)NC1CC1)c1cccc(F)c1. The van der Waals surface area contributed by atoms with E-state index in [0.717, 1.165) is 12.8 Å². The van der Waals surface area contributed by atoms with Crippen molar-refractivity contribution in [2.75, 3.05) is 13.7 Å². The first-order chi connectivity index (χ1) is 9.60. The lowest BCUT2D eigenvalue weighted by atomic mass is 10.1. The van der Waals surface area contributed by atoms with E-state index >= 15 is 0 Å². The van der Waals surface area contributed by atoms with E-state index in [2.05, 4.69) is 10.6 Å². The number of methoxy groups -OCH3 is 1. The zero-order valence-electron chi connectivity index (χ0n) is 11.2. The van der Waals surface area contributed by atoms with Gasteiger partial charge < -0.3 is 15.4 Å². The van der Waals surface area contributed by atoms with Gasteiger partial charge in [0.2, 0.25) is 0 Å². The number of halogens is 1. The van der Waals surface area contributed by atoms with Gasteiger partial charge in [0.1, 0.15) is 5.82 Å². The number of carbonyl (C=O) groups is 2. The van der Waals surface area contributed by atoms with Crippen molar-refractivity contribution in [3.05, 3.63) is 35.6 Å². The van der Waals surface area contributed by atoms with Crippen LogP contribution in [0.25, 0.3) is 0 Å². The minimum absolute atomic E-state index is 0.108. The van der Waals surface area contributed by atoms with Gasteiger partial charge in [0.15, 0.2) is 0 Å². The van der Waals surface area contributed by atoms with Gasteiger partial charge in [0, 0.05) is 19.7 Å². The first-order valence-corrected chi connectivity index (χ1v) is 6.47. The predicted molar refractivity (Wildman–Crippen MR) is 70.3 cm³/mol. The molecule has 0 radical (unpaired) electrons. The van der Waals surface area contributed by atoms with Crippen molar-refractivity contribution in [2.24, 2.45) is 0 Å². The first-order valence-electron chi connectivity index (χ1n) is 6.47. The van der Waals surface area contributed by atoms with Crippen LogP contribution in [0.15, 0.2) is 24.3 Å². The van der Waals surface area contributed by atoms with E-state index in [-0.39, 0.29) is 18.4 Å². The van der Waals surface area contributed by atoms with E-state index < -0.39 is 17.9 Å². The second-order valence-electron chi connectivity index (χ2n) is 4.74. The number of hydrogen-bond donors (Lipinski definition) is 2. The van der Waals surface area contributed by atoms with Crippen molar-refractivity contribution in [2.45, 2.75) is 25.0 Å². The molecule has 6 heteroatoms. The highest BCUT2D eigenvalue weighted by Crippen LogP contribution is 2.18. The Morgan fingerprint density at radius 1 is 1.40 bits per heavy atom. The highest BCUT2D eigenvalue weighted by atomic mass is 19.1. The van der Waals surface area contributed by atoms with Crippen molar-refractivity contribution in [3.8, 4) is 0 Å². The van der Waals surface area contributed by atoms with Crippen LogP contribution in [-0.4, -0.2) is 31.5 Å². The fraction of sp³-hybridized carbons (Fsp3) is 0.429. The molecule has 2 rings (SSSR count). The van der Waals surface area contributed by atoms with Crippen LogP contribution in [0.5, 0.6) is 0 Å². The molecule has 2 amide bonds. The minimum Gasteiger partial charge on any atom is -0.375 e. The summed E-state index contributed by atoms with van der Waals surface area (Å²) in [5, 5.41) is 5.08. The maximum atomic E-state index is 13.1. The second kappa shape index (κ2) is 6.47. The highest BCUT2D eigenvalue weighted by molar-refractivity contribution is 6.35. The summed E-state index contributed by atoms with van der Waals surface area (Å²) in [7, 11) is 1.46. The van der Waals surface area contributed by atoms with E-state index in [1.165, 1.54) is 19.2 Å². The van der Waals surface area contributed by atoms with E-state index in [0.29, 0.717) is 5.56 Å². The minimum atomic E-state index is -0.699. The lowest BCUT2D eigenvalue weighted by Gasteiger charge is -2.16. The fourth-order valence-corrected chi connectivity index (χ4v) is 1.79. The Hall–Kier alpha value is -1.95. The van der Waals surface area contributed by atoms with E-state index in [4.69, 9.17) is 4.74 Å². The smallest absolute Gasteiger partial charge is 0.309 e. The third-order valence-electron chi connectivity index (χ3n) is 3.07. The summed E-state index contributed by atoms with van der Waals surface area (Å²) >= 11 is 0. The number of rotatable bonds is 5. The third-order valence-corrected chi connectivity index (χ3v) is 3.07. The number of nitrogens with one attached hydrogen (secondary N) is 2. The standard InChI is InChI=1S/C14H17FN2O3/c1-20-12(9-3-2-4-10(15)7-9)8-16-13(18)14(19)17-11-5-6-11/h2-4,7,11-12H,5-6,8H2,1H3,(H,16,18)(H,17,19). The summed E-state index contributed by atoms with van der Waals surface area (Å²) in [5.41, 5.74) is 0.607. The summed E-state index contributed by atoms with van der Waals surface area (Å²) in [6.45, 7) is 0.108. The molecule has 5 nitrogen and oxygen atoms in total. The van der Waals surface area contributed by atoms with Crippen molar-refractivity contribution in [3.63, 3.8) is 0 Å². The van der Waals surface area contributed by atoms with E-state index in [1.807, 2.05) is 0 Å². The molecular formula is C14H17FN2O3. The van der Waals surface area contributed by atoms with Crippen molar-refractivity contribution in [1.82, 2.24) is 10.6 Å². The normalized spacial score (nSPS) is 15.5. The Labute approximate surface area is 116 Å². The van der Waals surface area contributed by atoms with Gasteiger partial charge in [0.25, 0.3) is 0 Å². The van der Waals surface area contributed by atoms with Crippen LogP contribution < -0.4 is 10.6 Å². The average molecular weight is 280 g/mol.